The summed E-state index contributed by atoms with van der Waals surface area (Å²) in [5.41, 5.74) is 7.42. The molecule has 0 atom stereocenters. The summed E-state index contributed by atoms with van der Waals surface area (Å²) in [7, 11) is 0. The molecule has 2 aliphatic heterocycles. The zero-order valence-corrected chi connectivity index (χ0v) is 21.4. The molecule has 0 saturated heterocycles. The van der Waals surface area contributed by atoms with Gasteiger partial charge in [-0.15, -0.1) is 0 Å². The molecule has 0 fully saturated rings. The maximum absolute atomic E-state index is 16.8. The van der Waals surface area contributed by atoms with Gasteiger partial charge in [0, 0.05) is 29.1 Å². The summed E-state index contributed by atoms with van der Waals surface area (Å²) in [4.78, 5) is 0. The Morgan fingerprint density at radius 1 is 0.711 bits per heavy atom. The molecule has 0 spiro atoms. The van der Waals surface area contributed by atoms with Crippen molar-refractivity contribution >= 4 is 36.5 Å². The summed E-state index contributed by atoms with van der Waals surface area (Å²) in [6.07, 6.45) is 9.25. The highest BCUT2D eigenvalue weighted by molar-refractivity contribution is 6.58. The highest BCUT2D eigenvalue weighted by atomic mass is 19.2. The van der Waals surface area contributed by atoms with Crippen LogP contribution in [-0.2, 0) is 0 Å². The number of aryl methyl sites for hydroxylation is 1. The highest BCUT2D eigenvalue weighted by Crippen LogP contribution is 2.44. The van der Waals surface area contributed by atoms with Crippen LogP contribution in [0.25, 0.3) is 23.8 Å². The maximum Gasteiger partial charge on any atom is 0.737 e. The Morgan fingerprint density at radius 3 is 1.87 bits per heavy atom. The van der Waals surface area contributed by atoms with E-state index in [1.807, 2.05) is 129 Å². The molecule has 0 radical (unpaired) electrons. The number of hydrogen-bond acceptors (Lipinski definition) is 0. The van der Waals surface area contributed by atoms with Crippen molar-refractivity contribution in [3.8, 4) is 0 Å². The Balaban J connectivity index is 1.61. The van der Waals surface area contributed by atoms with Crippen LogP contribution >= 0.6 is 0 Å². The van der Waals surface area contributed by atoms with Gasteiger partial charge in [0.1, 0.15) is 0 Å². The van der Waals surface area contributed by atoms with E-state index in [2.05, 4.69) is 0 Å². The number of hydrogen-bond donors (Lipinski definition) is 0. The van der Waals surface area contributed by atoms with Gasteiger partial charge in [-0.25, -0.2) is 0 Å². The van der Waals surface area contributed by atoms with Crippen LogP contribution in [0.4, 0.5) is 8.63 Å². The molecule has 4 aromatic rings. The molecule has 186 valence electrons. The number of benzene rings is 3. The third-order valence-electron chi connectivity index (χ3n) is 7.16. The van der Waals surface area contributed by atoms with E-state index in [-0.39, 0.29) is 0 Å². The van der Waals surface area contributed by atoms with E-state index in [1.54, 1.807) is 12.2 Å². The Kier molecular flexibility index (Phi) is 5.92. The number of aromatic nitrogens is 1. The first-order valence-electron chi connectivity index (χ1n) is 12.8. The van der Waals surface area contributed by atoms with Crippen LogP contribution in [0.15, 0.2) is 120 Å². The van der Waals surface area contributed by atoms with Gasteiger partial charge in [0.25, 0.3) is 0 Å². The van der Waals surface area contributed by atoms with Crippen molar-refractivity contribution in [3.05, 3.63) is 154 Å². The molecule has 2 nitrogen and oxygen atoms in total. The first-order chi connectivity index (χ1) is 18.4. The summed E-state index contributed by atoms with van der Waals surface area (Å²) >= 11 is 0. The SMILES string of the molecule is CC1=CC(/C=C/c2ccccc2)=[N+]2C1=C(c1ccccc1)c1c(C)cc(/C=C/c3ccccc3)n1[B-]2(F)F. The Labute approximate surface area is 222 Å². The van der Waals surface area contributed by atoms with E-state index >= 15 is 8.63 Å². The topological polar surface area (TPSA) is 7.94 Å². The minimum atomic E-state index is -4.18. The van der Waals surface area contributed by atoms with Gasteiger partial charge in [-0.1, -0.05) is 97.1 Å². The zero-order chi connectivity index (χ0) is 26.3. The van der Waals surface area contributed by atoms with Crippen molar-refractivity contribution in [2.75, 3.05) is 0 Å². The zero-order valence-electron chi connectivity index (χ0n) is 21.4. The molecule has 38 heavy (non-hydrogen) atoms. The van der Waals surface area contributed by atoms with Crippen molar-refractivity contribution < 1.29 is 13.1 Å². The Bertz CT molecular complexity index is 1670. The van der Waals surface area contributed by atoms with Crippen LogP contribution in [0.3, 0.4) is 0 Å². The highest BCUT2D eigenvalue weighted by Gasteiger charge is 2.55. The summed E-state index contributed by atoms with van der Waals surface area (Å²) in [6.45, 7) is -0.333. The number of nitrogens with zero attached hydrogens (tertiary/aromatic N) is 2. The molecular weight excluding hydrogens is 473 g/mol. The van der Waals surface area contributed by atoms with E-state index in [0.717, 1.165) is 33.4 Å². The van der Waals surface area contributed by atoms with Gasteiger partial charge in [-0.2, -0.15) is 0 Å². The maximum atomic E-state index is 16.8. The van der Waals surface area contributed by atoms with E-state index in [4.69, 9.17) is 0 Å². The van der Waals surface area contributed by atoms with Gasteiger partial charge < -0.3 is 17.6 Å². The average Bonchev–Trinajstić information content (AvgIpc) is 3.46. The first-order valence-corrected chi connectivity index (χ1v) is 12.8. The molecule has 6 rings (SSSR count). The minimum absolute atomic E-state index is 0.481. The molecule has 0 N–H and O–H groups in total. The van der Waals surface area contributed by atoms with Crippen LogP contribution < -0.4 is 0 Å². The third kappa shape index (κ3) is 4.01. The van der Waals surface area contributed by atoms with Crippen LogP contribution in [0, 0.1) is 6.92 Å². The summed E-state index contributed by atoms with van der Waals surface area (Å²) in [5, 5.41) is 0. The third-order valence-corrected chi connectivity index (χ3v) is 7.16. The van der Waals surface area contributed by atoms with Crippen molar-refractivity contribution in [2.24, 2.45) is 0 Å². The Hall–Kier alpha value is -4.51. The fourth-order valence-electron chi connectivity index (χ4n) is 5.52. The van der Waals surface area contributed by atoms with Gasteiger partial charge >= 0.3 is 6.97 Å². The normalized spacial score (nSPS) is 16.4. The van der Waals surface area contributed by atoms with Crippen molar-refractivity contribution in [1.82, 2.24) is 4.48 Å². The van der Waals surface area contributed by atoms with E-state index in [0.29, 0.717) is 22.8 Å². The number of halogens is 2. The Morgan fingerprint density at radius 2 is 1.26 bits per heavy atom. The summed E-state index contributed by atoms with van der Waals surface area (Å²) in [5.74, 6) is 0. The second-order valence-electron chi connectivity index (χ2n) is 9.76. The quantitative estimate of drug-likeness (QED) is 0.245. The number of fused-ring (bicyclic) bond motifs is 2. The number of allylic oxidation sites excluding steroid dienone is 3. The van der Waals surface area contributed by atoms with Gasteiger partial charge in [0.15, 0.2) is 11.4 Å². The monoisotopic (exact) mass is 500 g/mol. The molecule has 0 unspecified atom stereocenters. The van der Waals surface area contributed by atoms with E-state index in [1.165, 1.54) is 8.96 Å². The van der Waals surface area contributed by atoms with Crippen molar-refractivity contribution in [2.45, 2.75) is 13.8 Å². The van der Waals surface area contributed by atoms with Gasteiger partial charge in [-0.05, 0) is 54.3 Å². The van der Waals surface area contributed by atoms with Crippen LogP contribution in [-0.4, -0.2) is 21.6 Å². The largest absolute Gasteiger partial charge is 0.737 e. The van der Waals surface area contributed by atoms with Gasteiger partial charge in [0.2, 0.25) is 0 Å². The lowest BCUT2D eigenvalue weighted by Gasteiger charge is -2.34. The van der Waals surface area contributed by atoms with Crippen LogP contribution in [0.2, 0.25) is 0 Å². The molecule has 2 aliphatic rings. The molecule has 5 heteroatoms. The molecular formula is C33H27BF2N2. The molecule has 0 amide bonds. The predicted octanol–water partition coefficient (Wildman–Crippen LogP) is 8.09. The average molecular weight is 500 g/mol. The van der Waals surface area contributed by atoms with Gasteiger partial charge in [0.05, 0.1) is 5.57 Å². The number of rotatable bonds is 5. The molecule has 0 bridgehead atoms. The van der Waals surface area contributed by atoms with Crippen LogP contribution in [0.1, 0.15) is 40.6 Å². The van der Waals surface area contributed by atoms with Crippen molar-refractivity contribution in [3.63, 3.8) is 0 Å². The predicted molar refractivity (Wildman–Crippen MR) is 155 cm³/mol. The molecule has 3 heterocycles. The van der Waals surface area contributed by atoms with Crippen LogP contribution in [0.5, 0.6) is 0 Å². The second kappa shape index (κ2) is 9.42. The fourth-order valence-corrected chi connectivity index (χ4v) is 5.52. The molecule has 0 aliphatic carbocycles. The smallest absolute Gasteiger partial charge is 0.390 e. The lowest BCUT2D eigenvalue weighted by Crippen LogP contribution is -2.51. The van der Waals surface area contributed by atoms with E-state index < -0.39 is 6.97 Å². The molecule has 3 aromatic carbocycles. The summed E-state index contributed by atoms with van der Waals surface area (Å²) in [6, 6.07) is 31.3. The first kappa shape index (κ1) is 23.9. The molecule has 1 aromatic heterocycles. The lowest BCUT2D eigenvalue weighted by molar-refractivity contribution is -0.362. The van der Waals surface area contributed by atoms with Gasteiger partial charge in [-0.3, -0.25) is 0 Å². The fraction of sp³-hybridized carbons (Fsp3) is 0.0606. The second-order valence-corrected chi connectivity index (χ2v) is 9.76. The minimum Gasteiger partial charge on any atom is -0.390 e. The summed E-state index contributed by atoms with van der Waals surface area (Å²) < 4.78 is 36.1. The molecule has 0 saturated carbocycles. The lowest BCUT2D eigenvalue weighted by atomic mass is 9.83. The van der Waals surface area contributed by atoms with E-state index in [9.17, 15) is 0 Å². The van der Waals surface area contributed by atoms with Crippen molar-refractivity contribution in [1.29, 1.82) is 0 Å². The standard InChI is InChI=1S/C33H27BF2N2/c1-24-22-29(20-18-26-12-6-3-7-13-26)37-32(24)31(28-16-10-5-11-17-28)33-25(2)23-30(38(33)34(37,35)36)21-19-27-14-8-4-9-15-27/h3-23H,1-2H3/b20-18+,21-19+.